The van der Waals surface area contributed by atoms with Gasteiger partial charge >= 0.3 is 5.97 Å². The molecule has 3 N–H and O–H groups in total. The molecule has 0 fully saturated rings. The molecule has 0 aromatic heterocycles. The van der Waals surface area contributed by atoms with E-state index in [1.165, 1.54) is 7.11 Å². The summed E-state index contributed by atoms with van der Waals surface area (Å²) in [5.74, 6) is -0.826. The third-order valence-electron chi connectivity index (χ3n) is 2.25. The second kappa shape index (κ2) is 7.22. The van der Waals surface area contributed by atoms with Crippen molar-refractivity contribution in [2.24, 2.45) is 0 Å². The molecule has 0 saturated carbocycles. The number of carbonyl (C=O) groups excluding carboxylic acids is 1. The van der Waals surface area contributed by atoms with Crippen molar-refractivity contribution in [2.45, 2.75) is 6.04 Å². The molecule has 0 radical (unpaired) electrons. The van der Waals surface area contributed by atoms with Crippen LogP contribution in [0.15, 0.2) is 24.3 Å². The first-order chi connectivity index (χ1) is 9.06. The summed E-state index contributed by atoms with van der Waals surface area (Å²) in [6.07, 6.45) is 0. The molecule has 0 bridgehead atoms. The molecule has 1 rings (SSSR count). The number of methoxy groups -OCH3 is 1. The van der Waals surface area contributed by atoms with Crippen LogP contribution in [0, 0.1) is 0 Å². The minimum Gasteiger partial charge on any atom is -0.497 e. The smallest absolute Gasteiger partial charge is 0.328 e. The van der Waals surface area contributed by atoms with Gasteiger partial charge in [0.05, 0.1) is 13.7 Å². The van der Waals surface area contributed by atoms with Crippen LogP contribution >= 0.6 is 0 Å². The van der Waals surface area contributed by atoms with E-state index in [9.17, 15) is 9.59 Å². The van der Waals surface area contributed by atoms with E-state index >= 15 is 0 Å². The third kappa shape index (κ3) is 4.84. The number of aliphatic hydroxyl groups excluding tert-OH is 1. The van der Waals surface area contributed by atoms with E-state index in [1.807, 2.05) is 0 Å². The van der Waals surface area contributed by atoms with E-state index in [0.29, 0.717) is 11.5 Å². The van der Waals surface area contributed by atoms with Gasteiger partial charge in [-0.1, -0.05) is 0 Å². The maximum Gasteiger partial charge on any atom is 0.328 e. The minimum atomic E-state index is -1.33. The second-order valence-corrected chi connectivity index (χ2v) is 3.61. The number of carbonyl (C=O) groups is 2. The van der Waals surface area contributed by atoms with Crippen LogP contribution in [0.4, 0.5) is 0 Å². The average molecular weight is 269 g/mol. The topological polar surface area (TPSA) is 105 Å². The van der Waals surface area contributed by atoms with E-state index in [1.54, 1.807) is 24.3 Å². The van der Waals surface area contributed by atoms with Gasteiger partial charge in [0, 0.05) is 0 Å². The molecule has 0 aliphatic rings. The number of aliphatic hydroxyl groups is 1. The van der Waals surface area contributed by atoms with Gasteiger partial charge in [-0.15, -0.1) is 0 Å². The van der Waals surface area contributed by atoms with E-state index in [2.05, 4.69) is 5.32 Å². The maximum atomic E-state index is 11.4. The Morgan fingerprint density at radius 3 is 2.32 bits per heavy atom. The van der Waals surface area contributed by atoms with E-state index in [4.69, 9.17) is 19.7 Å². The normalized spacial score (nSPS) is 11.5. The van der Waals surface area contributed by atoms with Crippen LogP contribution in [0.1, 0.15) is 0 Å². The Morgan fingerprint density at radius 2 is 1.84 bits per heavy atom. The molecule has 7 nitrogen and oxygen atoms in total. The Balaban J connectivity index is 2.42. The molecule has 0 saturated heterocycles. The number of nitrogens with one attached hydrogen (secondary N) is 1. The number of aliphatic carboxylic acids is 1. The van der Waals surface area contributed by atoms with Gasteiger partial charge in [-0.3, -0.25) is 4.79 Å². The Kier molecular flexibility index (Phi) is 5.62. The van der Waals surface area contributed by atoms with Gasteiger partial charge < -0.3 is 25.0 Å². The fourth-order valence-electron chi connectivity index (χ4n) is 1.24. The lowest BCUT2D eigenvalue weighted by Crippen LogP contribution is -2.45. The number of carboxylic acid groups (broad SMARTS) is 1. The van der Waals surface area contributed by atoms with Gasteiger partial charge in [0.1, 0.15) is 17.5 Å². The lowest BCUT2D eigenvalue weighted by atomic mass is 10.3. The molecular weight excluding hydrogens is 254 g/mol. The summed E-state index contributed by atoms with van der Waals surface area (Å²) in [7, 11) is 1.53. The summed E-state index contributed by atoms with van der Waals surface area (Å²) in [5, 5.41) is 19.5. The summed E-state index contributed by atoms with van der Waals surface area (Å²) in [6.45, 7) is -1.01. The van der Waals surface area contributed by atoms with E-state index in [-0.39, 0.29) is 6.61 Å². The van der Waals surface area contributed by atoms with Crippen LogP contribution in [0.3, 0.4) is 0 Å². The monoisotopic (exact) mass is 269 g/mol. The zero-order valence-corrected chi connectivity index (χ0v) is 10.3. The van der Waals surface area contributed by atoms with E-state index in [0.717, 1.165) is 0 Å². The zero-order valence-electron chi connectivity index (χ0n) is 10.3. The molecule has 1 atom stereocenters. The number of hydrogen-bond acceptors (Lipinski definition) is 5. The van der Waals surface area contributed by atoms with Crippen LogP contribution in [-0.2, 0) is 9.59 Å². The van der Waals surface area contributed by atoms with Crippen LogP contribution in [0.2, 0.25) is 0 Å². The van der Waals surface area contributed by atoms with Crippen molar-refractivity contribution in [3.8, 4) is 11.5 Å². The Labute approximate surface area is 109 Å². The van der Waals surface area contributed by atoms with Gasteiger partial charge in [0.25, 0.3) is 5.91 Å². The van der Waals surface area contributed by atoms with Crippen molar-refractivity contribution >= 4 is 11.9 Å². The molecule has 0 aliphatic carbocycles. The summed E-state index contributed by atoms with van der Waals surface area (Å²) < 4.78 is 10.1. The molecule has 0 spiro atoms. The fourth-order valence-corrected chi connectivity index (χ4v) is 1.24. The molecule has 1 aromatic carbocycles. The van der Waals surface area contributed by atoms with Crippen LogP contribution < -0.4 is 14.8 Å². The van der Waals surface area contributed by atoms with Crippen LogP contribution in [0.5, 0.6) is 11.5 Å². The summed E-state index contributed by atoms with van der Waals surface area (Å²) in [5.41, 5.74) is 0. The van der Waals surface area contributed by atoms with Crippen LogP contribution in [-0.4, -0.2) is 48.5 Å². The van der Waals surface area contributed by atoms with Crippen molar-refractivity contribution in [3.63, 3.8) is 0 Å². The highest BCUT2D eigenvalue weighted by Crippen LogP contribution is 2.16. The van der Waals surface area contributed by atoms with Crippen molar-refractivity contribution in [3.05, 3.63) is 24.3 Å². The largest absolute Gasteiger partial charge is 0.497 e. The second-order valence-electron chi connectivity index (χ2n) is 3.61. The Morgan fingerprint density at radius 1 is 1.26 bits per heavy atom. The predicted octanol–water partition coefficient (Wildman–Crippen LogP) is -0.364. The minimum absolute atomic E-state index is 0.337. The van der Waals surface area contributed by atoms with Gasteiger partial charge in [-0.25, -0.2) is 4.79 Å². The Bertz CT molecular complexity index is 430. The van der Waals surface area contributed by atoms with Gasteiger partial charge in [-0.05, 0) is 24.3 Å². The highest BCUT2D eigenvalue weighted by molar-refractivity contribution is 5.84. The fraction of sp³-hybridized carbons (Fsp3) is 0.333. The highest BCUT2D eigenvalue weighted by Gasteiger charge is 2.18. The quantitative estimate of drug-likeness (QED) is 0.624. The van der Waals surface area contributed by atoms with E-state index < -0.39 is 24.5 Å². The van der Waals surface area contributed by atoms with Crippen molar-refractivity contribution < 1.29 is 29.3 Å². The lowest BCUT2D eigenvalue weighted by Gasteiger charge is -2.12. The first-order valence-corrected chi connectivity index (χ1v) is 5.46. The highest BCUT2D eigenvalue weighted by atomic mass is 16.5. The molecule has 1 aromatic rings. The lowest BCUT2D eigenvalue weighted by molar-refractivity contribution is -0.143. The molecule has 7 heteroatoms. The van der Waals surface area contributed by atoms with Crippen molar-refractivity contribution in [2.75, 3.05) is 20.3 Å². The molecule has 104 valence electrons. The molecule has 19 heavy (non-hydrogen) atoms. The molecular formula is C12H15NO6. The SMILES string of the molecule is COc1ccc(OCC(=O)NC(CO)C(=O)O)cc1. The first-order valence-electron chi connectivity index (χ1n) is 5.46. The van der Waals surface area contributed by atoms with Crippen LogP contribution in [0.25, 0.3) is 0 Å². The molecule has 0 aliphatic heterocycles. The standard InChI is InChI=1S/C12H15NO6/c1-18-8-2-4-9(5-3-8)19-7-11(15)13-10(6-14)12(16)17/h2-5,10,14H,6-7H2,1H3,(H,13,15)(H,16,17). The predicted molar refractivity (Wildman–Crippen MR) is 65.1 cm³/mol. The van der Waals surface area contributed by atoms with Crippen molar-refractivity contribution in [1.82, 2.24) is 5.32 Å². The number of hydrogen-bond donors (Lipinski definition) is 3. The van der Waals surface area contributed by atoms with Crippen molar-refractivity contribution in [1.29, 1.82) is 0 Å². The third-order valence-corrected chi connectivity index (χ3v) is 2.25. The molecule has 1 unspecified atom stereocenters. The average Bonchev–Trinajstić information content (AvgIpc) is 2.42. The molecule has 0 heterocycles. The number of carboxylic acids is 1. The zero-order chi connectivity index (χ0) is 14.3. The summed E-state index contributed by atoms with van der Waals surface area (Å²) in [4.78, 5) is 22.0. The molecule has 1 amide bonds. The van der Waals surface area contributed by atoms with Gasteiger partial charge in [0.15, 0.2) is 6.61 Å². The summed E-state index contributed by atoms with van der Waals surface area (Å²) in [6, 6.07) is 5.24. The number of rotatable bonds is 7. The number of ether oxygens (including phenoxy) is 2. The number of benzene rings is 1. The van der Waals surface area contributed by atoms with Gasteiger partial charge in [-0.2, -0.15) is 0 Å². The summed E-state index contributed by atoms with van der Waals surface area (Å²) >= 11 is 0. The first kappa shape index (κ1) is 14.8. The Hall–Kier alpha value is -2.28. The maximum absolute atomic E-state index is 11.4. The number of amides is 1. The van der Waals surface area contributed by atoms with Gasteiger partial charge in [0.2, 0.25) is 0 Å².